The van der Waals surface area contributed by atoms with Gasteiger partial charge in [-0.2, -0.15) is 5.10 Å². The monoisotopic (exact) mass is 386 g/mol. The molecule has 0 bridgehead atoms. The maximum atomic E-state index is 5.93. The maximum absolute atomic E-state index is 5.93. The Hall–Kier alpha value is -3.68. The SMILES string of the molecule is Cn1ncc2c1ncn1nc(-c3ccc(COc4ccc5c(c4)CCC5)o3)nc21. The zero-order valence-electron chi connectivity index (χ0n) is 15.9. The van der Waals surface area contributed by atoms with Crippen LogP contribution in [0.1, 0.15) is 23.3 Å². The molecule has 0 amide bonds. The van der Waals surface area contributed by atoms with Crippen molar-refractivity contribution in [1.29, 1.82) is 0 Å². The number of ether oxygens (including phenoxy) is 1. The van der Waals surface area contributed by atoms with E-state index in [2.05, 4.69) is 32.3 Å². The molecule has 5 aromatic rings. The number of nitrogens with zero attached hydrogens (tertiary/aromatic N) is 6. The molecule has 6 rings (SSSR count). The van der Waals surface area contributed by atoms with E-state index in [-0.39, 0.29) is 0 Å². The van der Waals surface area contributed by atoms with Crippen LogP contribution in [0, 0.1) is 0 Å². The van der Waals surface area contributed by atoms with E-state index in [0.717, 1.165) is 29.0 Å². The predicted molar refractivity (Wildman–Crippen MR) is 106 cm³/mol. The first-order chi connectivity index (χ1) is 14.2. The molecule has 0 N–H and O–H groups in total. The predicted octanol–water partition coefficient (Wildman–Crippen LogP) is 3.34. The molecule has 8 nitrogen and oxygen atoms in total. The smallest absolute Gasteiger partial charge is 0.217 e. The number of benzene rings is 1. The largest absolute Gasteiger partial charge is 0.486 e. The van der Waals surface area contributed by atoms with Gasteiger partial charge in [0.25, 0.3) is 0 Å². The van der Waals surface area contributed by atoms with Gasteiger partial charge in [0.2, 0.25) is 5.82 Å². The summed E-state index contributed by atoms with van der Waals surface area (Å²) in [6, 6.07) is 10.1. The van der Waals surface area contributed by atoms with Gasteiger partial charge in [-0.3, -0.25) is 4.68 Å². The summed E-state index contributed by atoms with van der Waals surface area (Å²) in [5.41, 5.74) is 4.30. The van der Waals surface area contributed by atoms with E-state index in [0.29, 0.717) is 23.8 Å². The number of hydrogen-bond acceptors (Lipinski definition) is 6. The summed E-state index contributed by atoms with van der Waals surface area (Å²) in [6.45, 7) is 0.362. The molecule has 1 aromatic carbocycles. The third kappa shape index (κ3) is 2.67. The lowest BCUT2D eigenvalue weighted by molar-refractivity contribution is 0.271. The molecule has 0 fully saturated rings. The molecular weight excluding hydrogens is 368 g/mol. The average Bonchev–Trinajstić information content (AvgIpc) is 3.51. The van der Waals surface area contributed by atoms with Gasteiger partial charge in [-0.25, -0.2) is 14.5 Å². The summed E-state index contributed by atoms with van der Waals surface area (Å²) < 4.78 is 15.2. The third-order valence-electron chi connectivity index (χ3n) is 5.40. The lowest BCUT2D eigenvalue weighted by Crippen LogP contribution is -1.95. The standard InChI is InChI=1S/C21H18N6O2/c1-26-20-17(10-23-26)21-24-19(25-27(21)12-22-20)18-8-7-16(29-18)11-28-15-6-5-13-3-2-4-14(13)9-15/h5-10,12H,2-4,11H2,1H3. The van der Waals surface area contributed by atoms with Crippen molar-refractivity contribution in [3.8, 4) is 17.3 Å². The van der Waals surface area contributed by atoms with Gasteiger partial charge >= 0.3 is 0 Å². The molecular formula is C21H18N6O2. The number of aryl methyl sites for hydroxylation is 3. The Labute approximate surface area is 165 Å². The van der Waals surface area contributed by atoms with Crippen molar-refractivity contribution in [1.82, 2.24) is 29.4 Å². The molecule has 1 aliphatic rings. The molecule has 0 unspecified atom stereocenters. The first-order valence-electron chi connectivity index (χ1n) is 9.61. The lowest BCUT2D eigenvalue weighted by Gasteiger charge is -2.06. The van der Waals surface area contributed by atoms with Crippen LogP contribution in [0.25, 0.3) is 28.3 Å². The molecule has 1 aliphatic carbocycles. The van der Waals surface area contributed by atoms with E-state index in [4.69, 9.17) is 9.15 Å². The third-order valence-corrected chi connectivity index (χ3v) is 5.40. The quantitative estimate of drug-likeness (QED) is 0.471. The van der Waals surface area contributed by atoms with Crippen molar-refractivity contribution in [3.63, 3.8) is 0 Å². The second kappa shape index (κ2) is 6.16. The van der Waals surface area contributed by atoms with Gasteiger partial charge in [-0.15, -0.1) is 5.10 Å². The summed E-state index contributed by atoms with van der Waals surface area (Å²) in [5, 5.41) is 9.57. The minimum absolute atomic E-state index is 0.362. The number of fused-ring (bicyclic) bond motifs is 4. The Morgan fingerprint density at radius 2 is 2.03 bits per heavy atom. The Balaban J connectivity index is 1.25. The van der Waals surface area contributed by atoms with Crippen LogP contribution in [0.3, 0.4) is 0 Å². The Bertz CT molecular complexity index is 1360. The number of hydrogen-bond donors (Lipinski definition) is 0. The first kappa shape index (κ1) is 16.3. The Kier molecular flexibility index (Phi) is 3.46. The summed E-state index contributed by atoms with van der Waals surface area (Å²) in [5.74, 6) is 2.70. The second-order valence-electron chi connectivity index (χ2n) is 7.29. The second-order valence-corrected chi connectivity index (χ2v) is 7.29. The van der Waals surface area contributed by atoms with Crippen LogP contribution < -0.4 is 4.74 Å². The van der Waals surface area contributed by atoms with Crippen molar-refractivity contribution in [2.24, 2.45) is 7.05 Å². The van der Waals surface area contributed by atoms with Crippen LogP contribution in [0.2, 0.25) is 0 Å². The molecule has 4 aromatic heterocycles. The van der Waals surface area contributed by atoms with Gasteiger partial charge in [-0.05, 0) is 54.7 Å². The highest BCUT2D eigenvalue weighted by molar-refractivity contribution is 5.88. The highest BCUT2D eigenvalue weighted by atomic mass is 16.5. The molecule has 0 radical (unpaired) electrons. The summed E-state index contributed by atoms with van der Waals surface area (Å²) in [4.78, 5) is 9.00. The van der Waals surface area contributed by atoms with Crippen LogP contribution >= 0.6 is 0 Å². The first-order valence-corrected chi connectivity index (χ1v) is 9.61. The topological polar surface area (TPSA) is 83.3 Å². The molecule has 144 valence electrons. The highest BCUT2D eigenvalue weighted by Crippen LogP contribution is 2.27. The average molecular weight is 386 g/mol. The van der Waals surface area contributed by atoms with Crippen LogP contribution in [0.15, 0.2) is 47.3 Å². The van der Waals surface area contributed by atoms with E-state index in [9.17, 15) is 0 Å². The van der Waals surface area contributed by atoms with Crippen molar-refractivity contribution >= 4 is 16.7 Å². The van der Waals surface area contributed by atoms with E-state index in [1.54, 1.807) is 21.7 Å². The van der Waals surface area contributed by atoms with Gasteiger partial charge in [0.15, 0.2) is 17.1 Å². The fourth-order valence-corrected chi connectivity index (χ4v) is 3.91. The van der Waals surface area contributed by atoms with Crippen molar-refractivity contribution in [2.75, 3.05) is 0 Å². The zero-order valence-corrected chi connectivity index (χ0v) is 15.9. The zero-order chi connectivity index (χ0) is 19.4. The molecule has 0 saturated carbocycles. The minimum Gasteiger partial charge on any atom is -0.486 e. The Morgan fingerprint density at radius 1 is 1.10 bits per heavy atom. The number of aromatic nitrogens is 6. The van der Waals surface area contributed by atoms with Crippen LogP contribution in [-0.4, -0.2) is 29.4 Å². The van der Waals surface area contributed by atoms with Crippen LogP contribution in [0.5, 0.6) is 5.75 Å². The lowest BCUT2D eigenvalue weighted by atomic mass is 10.1. The van der Waals surface area contributed by atoms with Gasteiger partial charge in [0, 0.05) is 7.05 Å². The van der Waals surface area contributed by atoms with E-state index in [1.165, 1.54) is 24.0 Å². The molecule has 4 heterocycles. The molecule has 8 heteroatoms. The molecule has 0 aliphatic heterocycles. The summed E-state index contributed by atoms with van der Waals surface area (Å²) in [7, 11) is 1.85. The molecule has 0 spiro atoms. The van der Waals surface area contributed by atoms with Crippen LogP contribution in [0.4, 0.5) is 0 Å². The maximum Gasteiger partial charge on any atom is 0.217 e. The number of rotatable bonds is 4. The van der Waals surface area contributed by atoms with E-state index in [1.807, 2.05) is 25.2 Å². The number of furan rings is 1. The van der Waals surface area contributed by atoms with Crippen molar-refractivity contribution < 1.29 is 9.15 Å². The van der Waals surface area contributed by atoms with Crippen molar-refractivity contribution in [3.05, 3.63) is 59.7 Å². The van der Waals surface area contributed by atoms with Crippen molar-refractivity contribution in [2.45, 2.75) is 25.9 Å². The molecule has 0 saturated heterocycles. The van der Waals surface area contributed by atoms with Gasteiger partial charge < -0.3 is 9.15 Å². The summed E-state index contributed by atoms with van der Waals surface area (Å²) in [6.07, 6.45) is 6.91. The highest BCUT2D eigenvalue weighted by Gasteiger charge is 2.16. The van der Waals surface area contributed by atoms with Gasteiger partial charge in [0.05, 0.1) is 11.6 Å². The van der Waals surface area contributed by atoms with Gasteiger partial charge in [-0.1, -0.05) is 6.07 Å². The Morgan fingerprint density at radius 3 is 3.00 bits per heavy atom. The minimum atomic E-state index is 0.362. The summed E-state index contributed by atoms with van der Waals surface area (Å²) >= 11 is 0. The van der Waals surface area contributed by atoms with Crippen LogP contribution in [-0.2, 0) is 26.5 Å². The van der Waals surface area contributed by atoms with Gasteiger partial charge in [0.1, 0.15) is 24.4 Å². The molecule has 0 atom stereocenters. The molecule has 29 heavy (non-hydrogen) atoms. The van der Waals surface area contributed by atoms with E-state index < -0.39 is 0 Å². The fraction of sp³-hybridized carbons (Fsp3) is 0.238. The fourth-order valence-electron chi connectivity index (χ4n) is 3.91. The normalized spacial score (nSPS) is 13.4. The van der Waals surface area contributed by atoms with E-state index >= 15 is 0 Å².